The molecule has 0 atom stereocenters. The van der Waals surface area contributed by atoms with Crippen LogP contribution in [0.25, 0.3) is 6.08 Å². The van der Waals surface area contributed by atoms with Crippen molar-refractivity contribution in [3.63, 3.8) is 0 Å². The minimum Gasteiger partial charge on any atom is -0.405 e. The van der Waals surface area contributed by atoms with Crippen LogP contribution in [-0.2, 0) is 0 Å². The van der Waals surface area contributed by atoms with E-state index >= 15 is 0 Å². The van der Waals surface area contributed by atoms with E-state index in [9.17, 15) is 0 Å². The number of allylic oxidation sites excluding steroid dienone is 2. The summed E-state index contributed by atoms with van der Waals surface area (Å²) < 4.78 is 0. The maximum Gasteiger partial charge on any atom is 0.0629 e. The van der Waals surface area contributed by atoms with Crippen LogP contribution in [-0.4, -0.2) is 4.98 Å². The number of rotatable bonds is 2. The van der Waals surface area contributed by atoms with Crippen molar-refractivity contribution in [2.75, 3.05) is 0 Å². The summed E-state index contributed by atoms with van der Waals surface area (Å²) >= 11 is 0. The van der Waals surface area contributed by atoms with Crippen LogP contribution in [0.3, 0.4) is 0 Å². The van der Waals surface area contributed by atoms with Gasteiger partial charge in [0, 0.05) is 6.20 Å². The number of hydrogen-bond acceptors (Lipinski definition) is 2. The van der Waals surface area contributed by atoms with Crippen molar-refractivity contribution in [2.45, 2.75) is 0 Å². The Morgan fingerprint density at radius 3 is 2.82 bits per heavy atom. The largest absolute Gasteiger partial charge is 0.405 e. The second kappa shape index (κ2) is 4.28. The van der Waals surface area contributed by atoms with Crippen molar-refractivity contribution in [1.82, 2.24) is 4.98 Å². The summed E-state index contributed by atoms with van der Waals surface area (Å²) in [7, 11) is 0. The van der Waals surface area contributed by atoms with Crippen LogP contribution in [0.15, 0.2) is 42.7 Å². The van der Waals surface area contributed by atoms with Gasteiger partial charge >= 0.3 is 0 Å². The molecule has 0 fully saturated rings. The highest BCUT2D eigenvalue weighted by Crippen LogP contribution is 1.95. The smallest absolute Gasteiger partial charge is 0.0629 e. The average Bonchev–Trinajstić information content (AvgIpc) is 2.07. The zero-order chi connectivity index (χ0) is 7.94. The van der Waals surface area contributed by atoms with Crippen LogP contribution in [0.5, 0.6) is 0 Å². The minimum absolute atomic E-state index is 0.936. The van der Waals surface area contributed by atoms with Crippen LogP contribution >= 0.6 is 0 Å². The summed E-state index contributed by atoms with van der Waals surface area (Å²) in [4.78, 5) is 4.09. The quantitative estimate of drug-likeness (QED) is 0.643. The van der Waals surface area contributed by atoms with Gasteiger partial charge in [0.05, 0.1) is 5.69 Å². The molecular formula is C9H10N2. The predicted molar refractivity (Wildman–Crippen MR) is 46.6 cm³/mol. The summed E-state index contributed by atoms with van der Waals surface area (Å²) in [6.07, 6.45) is 8.74. The first-order valence-electron chi connectivity index (χ1n) is 3.39. The lowest BCUT2D eigenvalue weighted by atomic mass is 10.3. The van der Waals surface area contributed by atoms with Crippen LogP contribution in [0.2, 0.25) is 0 Å². The summed E-state index contributed by atoms with van der Waals surface area (Å²) in [5, 5.41) is 0. The lowest BCUT2D eigenvalue weighted by molar-refractivity contribution is 1.30. The normalized spacial score (nSPS) is 11.3. The minimum atomic E-state index is 0.936. The van der Waals surface area contributed by atoms with Crippen LogP contribution in [0.4, 0.5) is 0 Å². The highest BCUT2D eigenvalue weighted by atomic mass is 14.6. The van der Waals surface area contributed by atoms with E-state index in [0.717, 1.165) is 5.69 Å². The van der Waals surface area contributed by atoms with Gasteiger partial charge in [0.2, 0.25) is 0 Å². The molecule has 0 saturated heterocycles. The maximum absolute atomic E-state index is 5.14. The Morgan fingerprint density at radius 1 is 1.27 bits per heavy atom. The van der Waals surface area contributed by atoms with Crippen molar-refractivity contribution in [1.29, 1.82) is 0 Å². The van der Waals surface area contributed by atoms with Gasteiger partial charge in [-0.05, 0) is 30.5 Å². The average molecular weight is 146 g/mol. The highest BCUT2D eigenvalue weighted by Gasteiger charge is 1.80. The molecule has 0 saturated carbocycles. The van der Waals surface area contributed by atoms with Gasteiger partial charge in [0.1, 0.15) is 0 Å². The highest BCUT2D eigenvalue weighted by molar-refractivity contribution is 5.45. The molecule has 0 amide bonds. The molecule has 0 spiro atoms. The van der Waals surface area contributed by atoms with E-state index in [0.29, 0.717) is 0 Å². The van der Waals surface area contributed by atoms with Gasteiger partial charge in [-0.1, -0.05) is 12.1 Å². The monoisotopic (exact) mass is 146 g/mol. The maximum atomic E-state index is 5.14. The molecule has 2 N–H and O–H groups in total. The Labute approximate surface area is 66.1 Å². The van der Waals surface area contributed by atoms with Crippen molar-refractivity contribution < 1.29 is 0 Å². The molecule has 0 bridgehead atoms. The summed E-state index contributed by atoms with van der Waals surface area (Å²) in [5.41, 5.74) is 6.08. The first kappa shape index (κ1) is 7.54. The molecule has 0 aromatic carbocycles. The molecule has 0 unspecified atom stereocenters. The van der Waals surface area contributed by atoms with Gasteiger partial charge in [-0.3, -0.25) is 4.98 Å². The van der Waals surface area contributed by atoms with E-state index in [1.165, 1.54) is 6.20 Å². The molecule has 2 nitrogen and oxygen atoms in total. The van der Waals surface area contributed by atoms with Gasteiger partial charge in [0.15, 0.2) is 0 Å². The zero-order valence-electron chi connectivity index (χ0n) is 6.14. The standard InChI is InChI=1S/C9H10N2/c10-7-3-1-5-9-6-2-4-8-11-9/h1-8H,10H2/b5-1+,7-3+. The number of aromatic nitrogens is 1. The number of hydrogen-bond donors (Lipinski definition) is 1. The molecule has 56 valence electrons. The van der Waals surface area contributed by atoms with Crippen LogP contribution in [0, 0.1) is 0 Å². The molecular weight excluding hydrogens is 136 g/mol. The predicted octanol–water partition coefficient (Wildman–Crippen LogP) is 1.57. The van der Waals surface area contributed by atoms with E-state index in [1.807, 2.05) is 30.4 Å². The first-order valence-corrected chi connectivity index (χ1v) is 3.39. The molecule has 11 heavy (non-hydrogen) atoms. The van der Waals surface area contributed by atoms with Crippen molar-refractivity contribution in [3.8, 4) is 0 Å². The van der Waals surface area contributed by atoms with Gasteiger partial charge < -0.3 is 5.73 Å². The molecule has 1 aromatic rings. The lowest BCUT2D eigenvalue weighted by Gasteiger charge is -1.86. The zero-order valence-corrected chi connectivity index (χ0v) is 6.14. The van der Waals surface area contributed by atoms with Crippen molar-refractivity contribution in [2.24, 2.45) is 5.73 Å². The Hall–Kier alpha value is -1.57. The van der Waals surface area contributed by atoms with Gasteiger partial charge in [-0.15, -0.1) is 0 Å². The Kier molecular flexibility index (Phi) is 2.93. The molecule has 0 aliphatic carbocycles. The number of nitrogens with zero attached hydrogens (tertiary/aromatic N) is 1. The fourth-order valence-electron chi connectivity index (χ4n) is 0.693. The molecule has 1 aromatic heterocycles. The molecule has 0 aliphatic rings. The third kappa shape index (κ3) is 2.67. The third-order valence-electron chi connectivity index (χ3n) is 1.18. The Balaban J connectivity index is 2.64. The van der Waals surface area contributed by atoms with E-state index < -0.39 is 0 Å². The van der Waals surface area contributed by atoms with Gasteiger partial charge in [-0.25, -0.2) is 0 Å². The number of pyridine rings is 1. The Morgan fingerprint density at radius 2 is 2.18 bits per heavy atom. The van der Waals surface area contributed by atoms with E-state index in [-0.39, 0.29) is 0 Å². The fourth-order valence-corrected chi connectivity index (χ4v) is 0.693. The lowest BCUT2D eigenvalue weighted by Crippen LogP contribution is -1.76. The van der Waals surface area contributed by atoms with Gasteiger partial charge in [-0.2, -0.15) is 0 Å². The summed E-state index contributed by atoms with van der Waals surface area (Å²) in [6.45, 7) is 0. The van der Waals surface area contributed by atoms with E-state index in [1.54, 1.807) is 12.3 Å². The molecule has 1 rings (SSSR count). The summed E-state index contributed by atoms with van der Waals surface area (Å²) in [5.74, 6) is 0. The van der Waals surface area contributed by atoms with Crippen LogP contribution in [0.1, 0.15) is 5.69 Å². The van der Waals surface area contributed by atoms with Crippen molar-refractivity contribution in [3.05, 3.63) is 48.4 Å². The molecule has 1 heterocycles. The Bertz CT molecular complexity index is 250. The molecule has 0 aliphatic heterocycles. The SMILES string of the molecule is N/C=C/C=C/c1ccccn1. The summed E-state index contributed by atoms with van der Waals surface area (Å²) in [6, 6.07) is 5.76. The van der Waals surface area contributed by atoms with Gasteiger partial charge in [0.25, 0.3) is 0 Å². The topological polar surface area (TPSA) is 38.9 Å². The van der Waals surface area contributed by atoms with Crippen molar-refractivity contribution >= 4 is 6.08 Å². The number of nitrogens with two attached hydrogens (primary N) is 1. The fraction of sp³-hybridized carbons (Fsp3) is 0. The third-order valence-corrected chi connectivity index (χ3v) is 1.18. The molecule has 2 heteroatoms. The molecule has 0 radical (unpaired) electrons. The van der Waals surface area contributed by atoms with E-state index in [2.05, 4.69) is 4.98 Å². The second-order valence-electron chi connectivity index (χ2n) is 2.00. The first-order chi connectivity index (χ1) is 5.43. The van der Waals surface area contributed by atoms with E-state index in [4.69, 9.17) is 5.73 Å². The second-order valence-corrected chi connectivity index (χ2v) is 2.00. The van der Waals surface area contributed by atoms with Crippen LogP contribution < -0.4 is 5.73 Å².